The van der Waals surface area contributed by atoms with E-state index in [1.807, 2.05) is 39.0 Å². The number of rotatable bonds is 2. The minimum atomic E-state index is 0. The van der Waals surface area contributed by atoms with E-state index >= 15 is 0 Å². The van der Waals surface area contributed by atoms with Crippen molar-refractivity contribution in [2.75, 3.05) is 0 Å². The molecule has 1 radical (unpaired) electrons. The molecule has 1 atom stereocenters. The average molecular weight is 306 g/mol. The number of benzene rings is 1. The zero-order chi connectivity index (χ0) is 12.0. The van der Waals surface area contributed by atoms with Crippen molar-refractivity contribution in [1.82, 2.24) is 0 Å². The first kappa shape index (κ1) is 16.9. The number of hydrogen-bond donors (Lipinski definition) is 0. The molecule has 1 aromatic carbocycles. The predicted octanol–water partition coefficient (Wildman–Crippen LogP) is 3.83. The maximum absolute atomic E-state index is 11.7. The quantitative estimate of drug-likeness (QED) is 0.759. The van der Waals surface area contributed by atoms with Crippen LogP contribution in [0.3, 0.4) is 0 Å². The molecule has 0 heterocycles. The molecule has 2 rings (SSSR count). The summed E-state index contributed by atoms with van der Waals surface area (Å²) in [5.74, 6) is 1.76. The first-order chi connectivity index (χ1) is 7.77. The summed E-state index contributed by atoms with van der Waals surface area (Å²) in [5.41, 5.74) is 1.25. The predicted molar refractivity (Wildman–Crippen MR) is 68.1 cm³/mol. The Morgan fingerprint density at radius 3 is 2.29 bits per heavy atom. The van der Waals surface area contributed by atoms with Gasteiger partial charge >= 0.3 is 0 Å². The van der Waals surface area contributed by atoms with Gasteiger partial charge in [0, 0.05) is 38.5 Å². The van der Waals surface area contributed by atoms with Crippen LogP contribution in [0.1, 0.15) is 39.2 Å². The fraction of sp³-hybridized carbons (Fsp3) is 0.467. The van der Waals surface area contributed by atoms with Crippen LogP contribution >= 0.6 is 0 Å². The van der Waals surface area contributed by atoms with E-state index in [2.05, 4.69) is 12.1 Å². The van der Waals surface area contributed by atoms with Crippen LogP contribution in [-0.2, 0) is 43.9 Å². The van der Waals surface area contributed by atoms with Crippen molar-refractivity contribution in [2.24, 2.45) is 5.92 Å². The van der Waals surface area contributed by atoms with E-state index in [0.29, 0.717) is 5.78 Å². The summed E-state index contributed by atoms with van der Waals surface area (Å²) < 4.78 is 0. The Labute approximate surface area is 130 Å². The number of Topliss-reactive ketones (excluding diaryl/α,β-unsaturated/α-hetero) is 1. The standard InChI is InChI=1S/C13H15O.C2H6.Y/c1-10-7-8-12(13(10)14)9-11-5-3-2-4-6-11;1-2;/h2-6,10H,7-9H2,1H3;1-2H3;/q-1;;. The molecule has 0 aliphatic heterocycles. The smallest absolute Gasteiger partial charge is 0.00453 e. The minimum Gasteiger partial charge on any atom is -0.334 e. The van der Waals surface area contributed by atoms with Crippen LogP contribution < -0.4 is 0 Å². The molecule has 0 aromatic heterocycles. The Hall–Kier alpha value is -0.136. The molecule has 1 unspecified atom stereocenters. The molecule has 1 aliphatic carbocycles. The van der Waals surface area contributed by atoms with Crippen molar-refractivity contribution >= 4 is 5.78 Å². The van der Waals surface area contributed by atoms with Gasteiger partial charge < -0.3 is 10.7 Å². The van der Waals surface area contributed by atoms with Crippen LogP contribution in [0.25, 0.3) is 0 Å². The van der Waals surface area contributed by atoms with Gasteiger partial charge in [0.1, 0.15) is 0 Å². The zero-order valence-corrected chi connectivity index (χ0v) is 13.9. The molecule has 0 saturated heterocycles. The topological polar surface area (TPSA) is 17.1 Å². The molecular formula is C15H21OY-. The Morgan fingerprint density at radius 2 is 1.82 bits per heavy atom. The van der Waals surface area contributed by atoms with Gasteiger partial charge in [0.25, 0.3) is 0 Å². The fourth-order valence-corrected chi connectivity index (χ4v) is 2.01. The Morgan fingerprint density at radius 1 is 1.24 bits per heavy atom. The average Bonchev–Trinajstić information content (AvgIpc) is 2.65. The van der Waals surface area contributed by atoms with Crippen molar-refractivity contribution in [3.8, 4) is 0 Å². The summed E-state index contributed by atoms with van der Waals surface area (Å²) in [6.07, 6.45) is 2.89. The minimum absolute atomic E-state index is 0. The van der Waals surface area contributed by atoms with Crippen molar-refractivity contribution in [3.63, 3.8) is 0 Å². The number of carbonyl (C=O) groups excluding carboxylic acids is 1. The molecule has 1 fully saturated rings. The van der Waals surface area contributed by atoms with E-state index in [-0.39, 0.29) is 38.6 Å². The van der Waals surface area contributed by atoms with E-state index < -0.39 is 0 Å². The third kappa shape index (κ3) is 4.93. The second-order valence-corrected chi connectivity index (χ2v) is 4.07. The Bertz CT molecular complexity index is 321. The maximum atomic E-state index is 11.7. The third-order valence-corrected chi connectivity index (χ3v) is 2.94. The van der Waals surface area contributed by atoms with Crippen molar-refractivity contribution in [3.05, 3.63) is 41.8 Å². The Balaban J connectivity index is 0.000000811. The summed E-state index contributed by atoms with van der Waals surface area (Å²) in [5, 5.41) is 0. The van der Waals surface area contributed by atoms with E-state index in [4.69, 9.17) is 0 Å². The van der Waals surface area contributed by atoms with Crippen LogP contribution in [0.2, 0.25) is 0 Å². The molecule has 17 heavy (non-hydrogen) atoms. The fourth-order valence-electron chi connectivity index (χ4n) is 2.01. The van der Waals surface area contributed by atoms with Gasteiger partial charge in [0.2, 0.25) is 0 Å². The normalized spacial score (nSPS) is 18.2. The number of hydrogen-bond acceptors (Lipinski definition) is 1. The molecule has 1 nitrogen and oxygen atoms in total. The largest absolute Gasteiger partial charge is 0.334 e. The van der Waals surface area contributed by atoms with Gasteiger partial charge in [-0.3, -0.25) is 0 Å². The van der Waals surface area contributed by atoms with Gasteiger partial charge in [-0.15, -0.1) is 6.42 Å². The van der Waals surface area contributed by atoms with Crippen molar-refractivity contribution < 1.29 is 37.5 Å². The van der Waals surface area contributed by atoms with E-state index in [1.165, 1.54) is 5.56 Å². The van der Waals surface area contributed by atoms with Crippen LogP contribution in [0.4, 0.5) is 0 Å². The molecule has 0 bridgehead atoms. The molecular weight excluding hydrogens is 285 g/mol. The summed E-state index contributed by atoms with van der Waals surface area (Å²) in [4.78, 5) is 11.7. The maximum Gasteiger partial charge on any atom is 0.00453 e. The van der Waals surface area contributed by atoms with Crippen LogP contribution in [-0.4, -0.2) is 5.78 Å². The van der Waals surface area contributed by atoms with E-state index in [9.17, 15) is 4.79 Å². The molecule has 91 valence electrons. The van der Waals surface area contributed by atoms with Crippen LogP contribution in [0.5, 0.6) is 0 Å². The van der Waals surface area contributed by atoms with Gasteiger partial charge in [0.05, 0.1) is 0 Å². The molecule has 0 spiro atoms. The van der Waals surface area contributed by atoms with Crippen LogP contribution in [0, 0.1) is 11.8 Å². The van der Waals surface area contributed by atoms with Crippen molar-refractivity contribution in [2.45, 2.75) is 40.0 Å². The molecule has 1 aliphatic rings. The second kappa shape index (κ2) is 8.88. The Kier molecular flexibility index (Phi) is 8.81. The first-order valence-corrected chi connectivity index (χ1v) is 6.20. The number of ketones is 1. The molecule has 0 amide bonds. The van der Waals surface area contributed by atoms with Gasteiger partial charge in [-0.25, -0.2) is 0 Å². The monoisotopic (exact) mass is 306 g/mol. The molecule has 1 aromatic rings. The summed E-state index contributed by atoms with van der Waals surface area (Å²) in [7, 11) is 0. The molecule has 0 N–H and O–H groups in total. The summed E-state index contributed by atoms with van der Waals surface area (Å²) in [6.45, 7) is 6.03. The van der Waals surface area contributed by atoms with Gasteiger partial charge in [0.15, 0.2) is 0 Å². The zero-order valence-electron chi connectivity index (χ0n) is 11.1. The third-order valence-electron chi connectivity index (χ3n) is 2.94. The van der Waals surface area contributed by atoms with E-state index in [1.54, 1.807) is 0 Å². The van der Waals surface area contributed by atoms with Gasteiger partial charge in [-0.2, -0.15) is 6.42 Å². The molecule has 1 saturated carbocycles. The SMILES string of the molecule is CC.CC1CC[C-](Cc2ccccc2)C1=O.[Y]. The van der Waals surface area contributed by atoms with Crippen molar-refractivity contribution in [1.29, 1.82) is 0 Å². The summed E-state index contributed by atoms with van der Waals surface area (Å²) >= 11 is 0. The first-order valence-electron chi connectivity index (χ1n) is 6.20. The summed E-state index contributed by atoms with van der Waals surface area (Å²) in [6, 6.07) is 10.2. The van der Waals surface area contributed by atoms with Gasteiger partial charge in [-0.1, -0.05) is 63.1 Å². The van der Waals surface area contributed by atoms with Gasteiger partial charge in [-0.05, 0) is 5.92 Å². The second-order valence-electron chi connectivity index (χ2n) is 4.07. The molecule has 2 heteroatoms. The van der Waals surface area contributed by atoms with E-state index in [0.717, 1.165) is 25.2 Å². The number of carbonyl (C=O) groups is 1. The van der Waals surface area contributed by atoms with Crippen LogP contribution in [0.15, 0.2) is 30.3 Å².